The van der Waals surface area contributed by atoms with Crippen molar-refractivity contribution in [1.82, 2.24) is 4.90 Å². The lowest BCUT2D eigenvalue weighted by molar-refractivity contribution is 0.153. The molecule has 0 spiro atoms. The normalized spacial score (nSPS) is 39.6. The smallest absolute Gasteiger partial charge is 0.135 e. The second-order valence-corrected chi connectivity index (χ2v) is 6.73. The first-order valence-corrected chi connectivity index (χ1v) is 6.81. The van der Waals surface area contributed by atoms with Gasteiger partial charge >= 0.3 is 0 Å². The molecule has 0 saturated heterocycles. The van der Waals surface area contributed by atoms with Crippen molar-refractivity contribution in [2.45, 2.75) is 39.2 Å². The van der Waals surface area contributed by atoms with Crippen LogP contribution in [0.15, 0.2) is 17.8 Å². The average molecular weight is 250 g/mol. The summed E-state index contributed by atoms with van der Waals surface area (Å²) in [7, 11) is 4.28. The molecule has 2 aliphatic carbocycles. The van der Waals surface area contributed by atoms with E-state index in [1.807, 2.05) is 0 Å². The van der Waals surface area contributed by atoms with Gasteiger partial charge in [0.2, 0.25) is 0 Å². The monoisotopic (exact) mass is 250 g/mol. The largest absolute Gasteiger partial charge is 0.392 e. The Morgan fingerprint density at radius 3 is 2.61 bits per heavy atom. The molecule has 0 amide bonds. The quantitative estimate of drug-likeness (QED) is 0.435. The fourth-order valence-corrected chi connectivity index (χ4v) is 3.39. The van der Waals surface area contributed by atoms with Crippen molar-refractivity contribution in [3.63, 3.8) is 0 Å². The Morgan fingerprint density at radius 1 is 1.39 bits per heavy atom. The van der Waals surface area contributed by atoms with Gasteiger partial charge in [-0.2, -0.15) is 0 Å². The van der Waals surface area contributed by atoms with E-state index in [1.165, 1.54) is 12.1 Å². The minimum Gasteiger partial charge on any atom is -0.392 e. The summed E-state index contributed by atoms with van der Waals surface area (Å²) < 4.78 is 0. The van der Waals surface area contributed by atoms with Crippen LogP contribution in [0.25, 0.3) is 0 Å². The summed E-state index contributed by atoms with van der Waals surface area (Å²) in [6, 6.07) is 0. The lowest BCUT2D eigenvalue weighted by Crippen LogP contribution is -2.51. The maximum Gasteiger partial charge on any atom is 0.135 e. The Balaban J connectivity index is 2.19. The molecule has 0 N–H and O–H groups in total. The van der Waals surface area contributed by atoms with Crippen LogP contribution in [-0.2, 0) is 4.84 Å². The third-order valence-corrected chi connectivity index (χ3v) is 5.29. The maximum absolute atomic E-state index is 5.35. The molecule has 2 saturated carbocycles. The van der Waals surface area contributed by atoms with Gasteiger partial charge in [-0.05, 0) is 51.1 Å². The topological polar surface area (TPSA) is 24.8 Å². The zero-order chi connectivity index (χ0) is 13.6. The highest BCUT2D eigenvalue weighted by atomic mass is 16.6. The van der Waals surface area contributed by atoms with Crippen LogP contribution in [0, 0.1) is 17.3 Å². The van der Waals surface area contributed by atoms with E-state index in [2.05, 4.69) is 51.5 Å². The summed E-state index contributed by atoms with van der Waals surface area (Å²) in [6.07, 6.45) is 4.00. The number of nitrogens with zero attached hydrogens (tertiary/aromatic N) is 2. The summed E-state index contributed by atoms with van der Waals surface area (Å²) in [4.78, 5) is 7.63. The molecule has 0 heterocycles. The predicted octanol–water partition coefficient (Wildman–Crippen LogP) is 2.93. The molecule has 0 radical (unpaired) electrons. The standard InChI is InChI=1S/C15H26N2O/c1-7-8-18-16-13-9-11-12(14(11,2)3)10-15(13,4)17(5)6/h7,11-12H,1,8-10H2,2-6H3/t11-,12+,15-/m1/s1. The van der Waals surface area contributed by atoms with Crippen LogP contribution in [0.1, 0.15) is 33.6 Å². The summed E-state index contributed by atoms with van der Waals surface area (Å²) >= 11 is 0. The van der Waals surface area contributed by atoms with Gasteiger partial charge in [-0.1, -0.05) is 31.7 Å². The molecule has 2 aliphatic rings. The highest BCUT2D eigenvalue weighted by molar-refractivity contribution is 5.94. The van der Waals surface area contributed by atoms with Gasteiger partial charge in [0.25, 0.3) is 0 Å². The number of oxime groups is 1. The van der Waals surface area contributed by atoms with Gasteiger partial charge in [-0.15, -0.1) is 0 Å². The molecule has 3 atom stereocenters. The molecule has 0 unspecified atom stereocenters. The van der Waals surface area contributed by atoms with Crippen LogP contribution in [0.2, 0.25) is 0 Å². The molecule has 102 valence electrons. The van der Waals surface area contributed by atoms with Crippen LogP contribution in [0.4, 0.5) is 0 Å². The molecule has 0 bridgehead atoms. The summed E-state index contributed by atoms with van der Waals surface area (Å²) in [5.74, 6) is 1.62. The van der Waals surface area contributed by atoms with Crippen LogP contribution in [0.3, 0.4) is 0 Å². The van der Waals surface area contributed by atoms with Crippen molar-refractivity contribution in [2.75, 3.05) is 20.7 Å². The van der Waals surface area contributed by atoms with Crippen LogP contribution in [0.5, 0.6) is 0 Å². The molecule has 0 aromatic rings. The first-order valence-electron chi connectivity index (χ1n) is 6.81. The highest BCUT2D eigenvalue weighted by Crippen LogP contribution is 2.66. The van der Waals surface area contributed by atoms with Gasteiger partial charge in [-0.3, -0.25) is 4.90 Å². The number of hydrogen-bond donors (Lipinski definition) is 0. The first kappa shape index (κ1) is 13.6. The van der Waals surface area contributed by atoms with Gasteiger partial charge in [0.1, 0.15) is 6.61 Å². The Hall–Kier alpha value is -0.830. The molecule has 2 rings (SSSR count). The van der Waals surface area contributed by atoms with Gasteiger partial charge in [0.05, 0.1) is 11.3 Å². The number of rotatable bonds is 4. The van der Waals surface area contributed by atoms with Crippen molar-refractivity contribution in [1.29, 1.82) is 0 Å². The Morgan fingerprint density at radius 2 is 2.06 bits per heavy atom. The van der Waals surface area contributed by atoms with E-state index in [9.17, 15) is 0 Å². The molecule has 3 heteroatoms. The molecule has 2 fully saturated rings. The Kier molecular flexibility index (Phi) is 3.30. The first-order chi connectivity index (χ1) is 8.34. The number of fused-ring (bicyclic) bond motifs is 1. The minimum atomic E-state index is 0.0378. The third kappa shape index (κ3) is 1.99. The summed E-state index contributed by atoms with van der Waals surface area (Å²) in [5.41, 5.74) is 1.71. The molecule has 3 nitrogen and oxygen atoms in total. The van der Waals surface area contributed by atoms with Crippen LogP contribution in [-0.4, -0.2) is 36.9 Å². The van der Waals surface area contributed by atoms with E-state index in [1.54, 1.807) is 6.08 Å². The van der Waals surface area contributed by atoms with Gasteiger partial charge in [-0.25, -0.2) is 0 Å². The van der Waals surface area contributed by atoms with Crippen molar-refractivity contribution < 1.29 is 4.84 Å². The maximum atomic E-state index is 5.35. The lowest BCUT2D eigenvalue weighted by atomic mass is 9.80. The second kappa shape index (κ2) is 4.37. The van der Waals surface area contributed by atoms with E-state index >= 15 is 0 Å². The zero-order valence-corrected chi connectivity index (χ0v) is 12.4. The van der Waals surface area contributed by atoms with Gasteiger partial charge in [0.15, 0.2) is 0 Å². The van der Waals surface area contributed by atoms with E-state index in [-0.39, 0.29) is 5.54 Å². The van der Waals surface area contributed by atoms with Crippen molar-refractivity contribution in [3.8, 4) is 0 Å². The van der Waals surface area contributed by atoms with E-state index < -0.39 is 0 Å². The molecule has 0 aliphatic heterocycles. The summed E-state index contributed by atoms with van der Waals surface area (Å²) in [5, 5.41) is 4.39. The van der Waals surface area contributed by atoms with E-state index in [0.29, 0.717) is 12.0 Å². The van der Waals surface area contributed by atoms with Crippen LogP contribution >= 0.6 is 0 Å². The second-order valence-electron chi connectivity index (χ2n) is 6.73. The minimum absolute atomic E-state index is 0.0378. The van der Waals surface area contributed by atoms with Gasteiger partial charge in [0, 0.05) is 0 Å². The zero-order valence-electron chi connectivity index (χ0n) is 12.4. The highest BCUT2D eigenvalue weighted by Gasteiger charge is 2.63. The van der Waals surface area contributed by atoms with Crippen LogP contribution < -0.4 is 0 Å². The average Bonchev–Trinajstić information content (AvgIpc) is 2.80. The molecule has 0 aromatic heterocycles. The molecule has 0 aromatic carbocycles. The molecular weight excluding hydrogens is 224 g/mol. The van der Waals surface area contributed by atoms with Gasteiger partial charge < -0.3 is 4.84 Å². The Bertz CT molecular complexity index is 373. The van der Waals surface area contributed by atoms with E-state index in [4.69, 9.17) is 4.84 Å². The molecule has 18 heavy (non-hydrogen) atoms. The third-order valence-electron chi connectivity index (χ3n) is 5.29. The van der Waals surface area contributed by atoms with Crippen molar-refractivity contribution in [2.24, 2.45) is 22.4 Å². The predicted molar refractivity (Wildman–Crippen MR) is 75.7 cm³/mol. The molecular formula is C15H26N2O. The summed E-state index contributed by atoms with van der Waals surface area (Å²) in [6.45, 7) is 11.2. The fourth-order valence-electron chi connectivity index (χ4n) is 3.39. The SMILES string of the molecule is C=CCON=C1C[C@@H]2[C@H](C[C@@]1(C)N(C)C)C2(C)C. The van der Waals surface area contributed by atoms with E-state index in [0.717, 1.165) is 18.3 Å². The lowest BCUT2D eigenvalue weighted by Gasteiger charge is -2.40. The number of hydrogen-bond acceptors (Lipinski definition) is 3. The van der Waals surface area contributed by atoms with Crippen molar-refractivity contribution in [3.05, 3.63) is 12.7 Å². The van der Waals surface area contributed by atoms with Crippen molar-refractivity contribution >= 4 is 5.71 Å². The Labute approximate surface area is 111 Å². The fraction of sp³-hybridized carbons (Fsp3) is 0.800.